The average Bonchev–Trinajstić information content (AvgIpc) is 2.83. The lowest BCUT2D eigenvalue weighted by Gasteiger charge is -2.23. The van der Waals surface area contributed by atoms with Crippen molar-refractivity contribution in [2.45, 2.75) is 51.9 Å². The fourth-order valence-electron chi connectivity index (χ4n) is 3.74. The Morgan fingerprint density at radius 3 is 2.81 bits per heavy atom. The van der Waals surface area contributed by atoms with Crippen LogP contribution in [0.25, 0.3) is 0 Å². The van der Waals surface area contributed by atoms with E-state index in [1.165, 1.54) is 19.3 Å². The molecule has 0 saturated heterocycles. The number of aliphatic hydroxyl groups is 1. The van der Waals surface area contributed by atoms with Crippen LogP contribution in [0.3, 0.4) is 0 Å². The molecule has 4 nitrogen and oxygen atoms in total. The molecule has 1 aromatic heterocycles. The first kappa shape index (κ1) is 19.7. The largest absolute Gasteiger partial charge is 0.511 e. The van der Waals surface area contributed by atoms with Crippen molar-refractivity contribution in [2.75, 3.05) is 5.75 Å². The fraction of sp³-hybridized carbons (Fsp3) is 0.455. The van der Waals surface area contributed by atoms with Gasteiger partial charge in [0.05, 0.1) is 0 Å². The van der Waals surface area contributed by atoms with E-state index >= 15 is 0 Å². The van der Waals surface area contributed by atoms with E-state index < -0.39 is 0 Å². The van der Waals surface area contributed by atoms with Crippen molar-refractivity contribution >= 4 is 17.6 Å². The average molecular weight is 384 g/mol. The molecule has 27 heavy (non-hydrogen) atoms. The molecule has 144 valence electrons. The first-order valence-electron chi connectivity index (χ1n) is 9.80. The zero-order chi connectivity index (χ0) is 19.2. The van der Waals surface area contributed by atoms with Gasteiger partial charge in [-0.05, 0) is 49.5 Å². The van der Waals surface area contributed by atoms with Crippen molar-refractivity contribution in [1.29, 1.82) is 10.8 Å². The van der Waals surface area contributed by atoms with Gasteiger partial charge >= 0.3 is 0 Å². The number of allylic oxidation sites excluding steroid dienone is 4. The number of hydrogen-bond acceptors (Lipinski definition) is 4. The molecule has 0 aliphatic heterocycles. The number of nitrogens with zero attached hydrogens (tertiary/aromatic N) is 1. The highest BCUT2D eigenvalue weighted by atomic mass is 32.2. The zero-order valence-electron chi connectivity index (χ0n) is 16.0. The molecular formula is C22H29N3OS. The smallest absolute Gasteiger partial charge is 0.130 e. The van der Waals surface area contributed by atoms with Crippen LogP contribution in [-0.2, 0) is 6.42 Å². The minimum absolute atomic E-state index is 0.294. The second kappa shape index (κ2) is 9.27. The Labute approximate surface area is 165 Å². The summed E-state index contributed by atoms with van der Waals surface area (Å²) in [4.78, 5) is 0.969. The molecule has 0 amide bonds. The van der Waals surface area contributed by atoms with Gasteiger partial charge < -0.3 is 5.11 Å². The summed E-state index contributed by atoms with van der Waals surface area (Å²) in [7, 11) is 0. The SMILES string of the molecule is CC1=CC=CCC(O)=C1SCCc1ccn(C(=N)C2CCCCC2)c(=N)c1. The molecule has 2 aliphatic carbocycles. The number of pyridine rings is 1. The van der Waals surface area contributed by atoms with Crippen molar-refractivity contribution in [3.63, 3.8) is 0 Å². The van der Waals surface area contributed by atoms with Crippen molar-refractivity contribution in [2.24, 2.45) is 5.92 Å². The molecule has 0 aromatic carbocycles. The minimum atomic E-state index is 0.294. The van der Waals surface area contributed by atoms with E-state index in [1.54, 1.807) is 16.3 Å². The van der Waals surface area contributed by atoms with Gasteiger partial charge in [0.2, 0.25) is 0 Å². The van der Waals surface area contributed by atoms with Crippen LogP contribution < -0.4 is 5.49 Å². The normalized spacial score (nSPS) is 18.3. The molecule has 0 atom stereocenters. The Morgan fingerprint density at radius 1 is 1.30 bits per heavy atom. The summed E-state index contributed by atoms with van der Waals surface area (Å²) in [5, 5.41) is 27.0. The predicted molar refractivity (Wildman–Crippen MR) is 113 cm³/mol. The maximum atomic E-state index is 10.2. The van der Waals surface area contributed by atoms with E-state index in [9.17, 15) is 5.11 Å². The molecule has 3 N–H and O–H groups in total. The van der Waals surface area contributed by atoms with Crippen molar-refractivity contribution in [3.8, 4) is 0 Å². The van der Waals surface area contributed by atoms with Gasteiger partial charge in [0, 0.05) is 29.2 Å². The third kappa shape index (κ3) is 5.04. The molecular weight excluding hydrogens is 354 g/mol. The maximum Gasteiger partial charge on any atom is 0.130 e. The molecule has 1 fully saturated rings. The lowest BCUT2D eigenvalue weighted by atomic mass is 9.88. The number of rotatable bonds is 5. The highest BCUT2D eigenvalue weighted by Gasteiger charge is 2.19. The summed E-state index contributed by atoms with van der Waals surface area (Å²) in [6.07, 6.45) is 15.1. The van der Waals surface area contributed by atoms with E-state index in [0.29, 0.717) is 29.4 Å². The summed E-state index contributed by atoms with van der Waals surface area (Å²) >= 11 is 1.67. The van der Waals surface area contributed by atoms with E-state index in [4.69, 9.17) is 10.8 Å². The van der Waals surface area contributed by atoms with E-state index in [1.807, 2.05) is 43.5 Å². The topological polar surface area (TPSA) is 72.9 Å². The van der Waals surface area contributed by atoms with Crippen LogP contribution in [0.1, 0.15) is 51.0 Å². The van der Waals surface area contributed by atoms with Gasteiger partial charge in [0.1, 0.15) is 17.1 Å². The standard InChI is InChI=1S/C22H29N3OS/c1-16-7-5-6-10-19(26)21(16)27-14-12-17-11-13-25(20(23)15-17)22(24)18-8-3-2-4-9-18/h5-7,11,13,15,18,23-24,26H,2-4,8-10,12,14H2,1H3. The van der Waals surface area contributed by atoms with Gasteiger partial charge in [-0.3, -0.25) is 15.4 Å². The Morgan fingerprint density at radius 2 is 2.07 bits per heavy atom. The van der Waals surface area contributed by atoms with Gasteiger partial charge in [-0.1, -0.05) is 37.5 Å². The highest BCUT2D eigenvalue weighted by molar-refractivity contribution is 8.03. The number of nitrogens with one attached hydrogen (secondary N) is 2. The lowest BCUT2D eigenvalue weighted by Crippen LogP contribution is -2.32. The van der Waals surface area contributed by atoms with Crippen molar-refractivity contribution < 1.29 is 5.11 Å². The third-order valence-electron chi connectivity index (χ3n) is 5.32. The predicted octanol–water partition coefficient (Wildman–Crippen LogP) is 5.32. The Hall–Kier alpha value is -2.01. The van der Waals surface area contributed by atoms with Gasteiger partial charge in [0.25, 0.3) is 0 Å². The first-order chi connectivity index (χ1) is 13.1. The van der Waals surface area contributed by atoms with E-state index in [0.717, 1.165) is 41.1 Å². The number of aryl methyl sites for hydroxylation is 1. The summed E-state index contributed by atoms with van der Waals surface area (Å²) in [5.41, 5.74) is 2.60. The second-order valence-corrected chi connectivity index (χ2v) is 8.47. The molecule has 5 heteroatoms. The summed E-state index contributed by atoms with van der Waals surface area (Å²) in [6, 6.07) is 3.91. The van der Waals surface area contributed by atoms with Crippen LogP contribution in [-0.4, -0.2) is 21.3 Å². The van der Waals surface area contributed by atoms with Gasteiger partial charge in [0.15, 0.2) is 0 Å². The molecule has 0 spiro atoms. The van der Waals surface area contributed by atoms with Crippen molar-refractivity contribution in [1.82, 2.24) is 4.57 Å². The molecule has 1 aromatic rings. The quantitative estimate of drug-likeness (QED) is 0.475. The van der Waals surface area contributed by atoms with E-state index in [2.05, 4.69) is 0 Å². The van der Waals surface area contributed by atoms with Crippen LogP contribution in [0, 0.1) is 16.7 Å². The van der Waals surface area contributed by atoms with Gasteiger partial charge in [-0.15, -0.1) is 11.8 Å². The first-order valence-corrected chi connectivity index (χ1v) is 10.8. The van der Waals surface area contributed by atoms with Gasteiger partial charge in [-0.2, -0.15) is 0 Å². The monoisotopic (exact) mass is 383 g/mol. The Balaban J connectivity index is 1.61. The van der Waals surface area contributed by atoms with Crippen LogP contribution in [0.5, 0.6) is 0 Å². The molecule has 1 saturated carbocycles. The van der Waals surface area contributed by atoms with Crippen LogP contribution in [0.4, 0.5) is 0 Å². The Bertz CT molecular complexity index is 841. The molecule has 0 unspecified atom stereocenters. The molecule has 0 radical (unpaired) electrons. The Kier molecular flexibility index (Phi) is 6.78. The summed E-state index contributed by atoms with van der Waals surface area (Å²) in [6.45, 7) is 2.03. The third-order valence-corrected chi connectivity index (χ3v) is 6.58. The fourth-order valence-corrected chi connectivity index (χ4v) is 4.83. The lowest BCUT2D eigenvalue weighted by molar-refractivity contribution is 0.399. The van der Waals surface area contributed by atoms with Crippen LogP contribution in [0.2, 0.25) is 0 Å². The van der Waals surface area contributed by atoms with Crippen molar-refractivity contribution in [3.05, 3.63) is 63.8 Å². The van der Waals surface area contributed by atoms with Gasteiger partial charge in [-0.25, -0.2) is 0 Å². The minimum Gasteiger partial charge on any atom is -0.511 e. The number of aromatic nitrogens is 1. The number of thioether (sulfide) groups is 1. The maximum absolute atomic E-state index is 10.2. The summed E-state index contributed by atoms with van der Waals surface area (Å²) in [5.74, 6) is 2.16. The number of hydrogen-bond donors (Lipinski definition) is 3. The highest BCUT2D eigenvalue weighted by Crippen LogP contribution is 2.30. The zero-order valence-corrected chi connectivity index (χ0v) is 16.8. The molecule has 0 bridgehead atoms. The molecule has 1 heterocycles. The molecule has 3 rings (SSSR count). The van der Waals surface area contributed by atoms with E-state index in [-0.39, 0.29) is 0 Å². The molecule has 2 aliphatic rings. The van der Waals surface area contributed by atoms with Crippen LogP contribution in [0.15, 0.2) is 52.8 Å². The van der Waals surface area contributed by atoms with Crippen LogP contribution >= 0.6 is 11.8 Å². The summed E-state index contributed by atoms with van der Waals surface area (Å²) < 4.78 is 1.73. The number of aliphatic hydroxyl groups excluding tert-OH is 1. The second-order valence-electron chi connectivity index (χ2n) is 7.37.